The number of aryl methyl sites for hydroxylation is 1. The second kappa shape index (κ2) is 8.69. The van der Waals surface area contributed by atoms with Crippen LogP contribution in [0.5, 0.6) is 0 Å². The zero-order valence-corrected chi connectivity index (χ0v) is 14.6. The molecule has 0 amide bonds. The number of nitrogens with one attached hydrogen (secondary N) is 1. The van der Waals surface area contributed by atoms with Crippen molar-refractivity contribution in [1.82, 2.24) is 4.49 Å². The second-order valence-corrected chi connectivity index (χ2v) is 6.42. The van der Waals surface area contributed by atoms with E-state index in [1.165, 1.54) is 12.1 Å². The van der Waals surface area contributed by atoms with Gasteiger partial charge in [0.2, 0.25) is 10.0 Å². The number of rotatable bonds is 6. The van der Waals surface area contributed by atoms with E-state index in [0.29, 0.717) is 0 Å². The van der Waals surface area contributed by atoms with Gasteiger partial charge in [-0.3, -0.25) is 0 Å². The van der Waals surface area contributed by atoms with E-state index in [1.54, 1.807) is 16.6 Å². The summed E-state index contributed by atoms with van der Waals surface area (Å²) >= 11 is 0. The van der Waals surface area contributed by atoms with Crippen LogP contribution >= 0.6 is 8.53 Å². The van der Waals surface area contributed by atoms with Crippen molar-refractivity contribution in [2.75, 3.05) is 0 Å². The van der Waals surface area contributed by atoms with Gasteiger partial charge in [0.05, 0.1) is 4.90 Å². The van der Waals surface area contributed by atoms with Gasteiger partial charge in [-0.1, -0.05) is 25.5 Å². The van der Waals surface area contributed by atoms with E-state index in [0.717, 1.165) is 24.8 Å². The molecule has 0 spiro atoms. The van der Waals surface area contributed by atoms with Crippen LogP contribution in [0.25, 0.3) is 0 Å². The summed E-state index contributed by atoms with van der Waals surface area (Å²) < 4.78 is 24.9. The number of unbranched alkanes of at least 4 members (excludes halogenated alkanes) is 1. The van der Waals surface area contributed by atoms with Crippen LogP contribution in [-0.2, 0) is 49.2 Å². The zero-order chi connectivity index (χ0) is 12.9. The standard InChI is InChI=1S/C10H16NO4PS.Y/c1-2-3-4-9-5-7-10(8-6-9)17(14,15)11-16(12)13;/h5-8,11-13H,2-4H2,1H3;. The molecule has 0 heterocycles. The second-order valence-electron chi connectivity index (χ2n) is 3.63. The molecule has 3 N–H and O–H groups in total. The molecule has 0 saturated carbocycles. The Labute approximate surface area is 134 Å². The fourth-order valence-electron chi connectivity index (χ4n) is 1.38. The maximum Gasteiger partial charge on any atom is 0.264 e. The number of sulfonamides is 1. The molecule has 0 bridgehead atoms. The summed E-state index contributed by atoms with van der Waals surface area (Å²) in [6, 6.07) is 6.40. The summed E-state index contributed by atoms with van der Waals surface area (Å²) in [5, 5.41) is 0. The molecule has 0 aliphatic heterocycles. The molecule has 1 radical (unpaired) electrons. The third-order valence-electron chi connectivity index (χ3n) is 2.25. The Hall–Kier alpha value is 0.584. The SMILES string of the molecule is CCCCc1ccc(S(=O)(=O)NP(O)O)cc1.[Y]. The minimum Gasteiger partial charge on any atom is -0.337 e. The van der Waals surface area contributed by atoms with Crippen LogP contribution in [0.1, 0.15) is 25.3 Å². The van der Waals surface area contributed by atoms with Crippen molar-refractivity contribution in [3.63, 3.8) is 0 Å². The average Bonchev–Trinajstić information content (AvgIpc) is 2.25. The molecule has 18 heavy (non-hydrogen) atoms. The van der Waals surface area contributed by atoms with E-state index in [-0.39, 0.29) is 37.6 Å². The molecule has 0 aliphatic rings. The largest absolute Gasteiger partial charge is 0.337 e. The van der Waals surface area contributed by atoms with E-state index < -0.39 is 18.5 Å². The Balaban J connectivity index is 0.00000289. The predicted octanol–water partition coefficient (Wildman–Crippen LogP) is 1.52. The smallest absolute Gasteiger partial charge is 0.264 e. The van der Waals surface area contributed by atoms with Crippen molar-refractivity contribution in [3.05, 3.63) is 29.8 Å². The third kappa shape index (κ3) is 6.15. The van der Waals surface area contributed by atoms with Crippen LogP contribution in [0.3, 0.4) is 0 Å². The van der Waals surface area contributed by atoms with Gasteiger partial charge >= 0.3 is 0 Å². The van der Waals surface area contributed by atoms with Crippen LogP contribution in [0, 0.1) is 0 Å². The Bertz CT molecular complexity index is 449. The first-order valence-electron chi connectivity index (χ1n) is 5.25. The molecule has 0 saturated heterocycles. The summed E-state index contributed by atoms with van der Waals surface area (Å²) in [6.45, 7) is 2.09. The Kier molecular flexibility index (Phi) is 8.98. The fourth-order valence-corrected chi connectivity index (χ4v) is 3.15. The number of hydrogen-bond acceptors (Lipinski definition) is 4. The number of hydrogen-bond donors (Lipinski definition) is 3. The monoisotopic (exact) mass is 366 g/mol. The molecule has 5 nitrogen and oxygen atoms in total. The molecule has 0 atom stereocenters. The minimum atomic E-state index is -3.82. The Morgan fingerprint density at radius 1 is 1.22 bits per heavy atom. The van der Waals surface area contributed by atoms with Gasteiger partial charge in [-0.2, -0.15) is 0 Å². The van der Waals surface area contributed by atoms with Gasteiger partial charge in [-0.05, 0) is 30.5 Å². The van der Waals surface area contributed by atoms with Crippen LogP contribution in [-0.4, -0.2) is 18.2 Å². The molecule has 1 rings (SSSR count). The van der Waals surface area contributed by atoms with Gasteiger partial charge in [0, 0.05) is 32.7 Å². The van der Waals surface area contributed by atoms with Gasteiger partial charge < -0.3 is 9.79 Å². The van der Waals surface area contributed by atoms with E-state index in [9.17, 15) is 8.42 Å². The summed E-state index contributed by atoms with van der Waals surface area (Å²) in [7, 11) is -6.49. The Morgan fingerprint density at radius 2 is 1.78 bits per heavy atom. The van der Waals surface area contributed by atoms with Crippen LogP contribution in [0.15, 0.2) is 29.2 Å². The van der Waals surface area contributed by atoms with Crippen LogP contribution in [0.2, 0.25) is 0 Å². The minimum absolute atomic E-state index is 0. The van der Waals surface area contributed by atoms with Crippen molar-refractivity contribution in [2.24, 2.45) is 0 Å². The zero-order valence-electron chi connectivity index (χ0n) is 10.1. The van der Waals surface area contributed by atoms with E-state index >= 15 is 0 Å². The Morgan fingerprint density at radius 3 is 2.22 bits per heavy atom. The molecule has 8 heteroatoms. The topological polar surface area (TPSA) is 86.6 Å². The van der Waals surface area contributed by atoms with Crippen LogP contribution in [0.4, 0.5) is 0 Å². The average molecular weight is 366 g/mol. The van der Waals surface area contributed by atoms with E-state index in [4.69, 9.17) is 9.79 Å². The van der Waals surface area contributed by atoms with Gasteiger partial charge in [-0.15, -0.1) is 4.49 Å². The molecular formula is C10H16NO4PSY. The number of benzene rings is 1. The normalized spacial score (nSPS) is 11.3. The molecule has 99 valence electrons. The molecule has 0 aliphatic carbocycles. The van der Waals surface area contributed by atoms with E-state index in [2.05, 4.69) is 6.92 Å². The summed E-state index contributed by atoms with van der Waals surface area (Å²) in [6.07, 6.45) is 3.06. The summed E-state index contributed by atoms with van der Waals surface area (Å²) in [5.74, 6) is 0. The summed E-state index contributed by atoms with van der Waals surface area (Å²) in [4.78, 5) is 17.3. The first kappa shape index (κ1) is 18.6. The first-order chi connectivity index (χ1) is 7.95. The fraction of sp³-hybridized carbons (Fsp3) is 0.400. The van der Waals surface area contributed by atoms with Gasteiger partial charge in [0.25, 0.3) is 8.53 Å². The maximum atomic E-state index is 11.6. The molecule has 1 aromatic carbocycles. The van der Waals surface area contributed by atoms with E-state index in [1.807, 2.05) is 0 Å². The molecule has 1 aromatic rings. The molecule has 0 unspecified atom stereocenters. The summed E-state index contributed by atoms with van der Waals surface area (Å²) in [5.41, 5.74) is 1.07. The van der Waals surface area contributed by atoms with Crippen LogP contribution < -0.4 is 4.49 Å². The maximum absolute atomic E-state index is 11.6. The molecular weight excluding hydrogens is 350 g/mol. The molecule has 0 aromatic heterocycles. The van der Waals surface area contributed by atoms with Crippen molar-refractivity contribution >= 4 is 18.5 Å². The van der Waals surface area contributed by atoms with Crippen molar-refractivity contribution in [3.8, 4) is 0 Å². The van der Waals surface area contributed by atoms with Gasteiger partial charge in [0.15, 0.2) is 0 Å². The van der Waals surface area contributed by atoms with Crippen molar-refractivity contribution in [1.29, 1.82) is 0 Å². The third-order valence-corrected chi connectivity index (χ3v) is 4.76. The van der Waals surface area contributed by atoms with Gasteiger partial charge in [0.1, 0.15) is 0 Å². The predicted molar refractivity (Wildman–Crippen MR) is 66.7 cm³/mol. The van der Waals surface area contributed by atoms with Crippen molar-refractivity contribution < 1.29 is 50.9 Å². The van der Waals surface area contributed by atoms with Crippen molar-refractivity contribution in [2.45, 2.75) is 31.1 Å². The molecule has 0 fully saturated rings. The quantitative estimate of drug-likeness (QED) is 0.667. The first-order valence-corrected chi connectivity index (χ1v) is 7.98. The van der Waals surface area contributed by atoms with Gasteiger partial charge in [-0.25, -0.2) is 8.42 Å².